The van der Waals surface area contributed by atoms with Crippen LogP contribution in [0.25, 0.3) is 16.9 Å². The molecule has 7 nitrogen and oxygen atoms in total. The van der Waals surface area contributed by atoms with Crippen LogP contribution in [-0.4, -0.2) is 31.2 Å². The highest BCUT2D eigenvalue weighted by Crippen LogP contribution is 2.43. The number of ether oxygens (including phenoxy) is 1. The number of rotatable bonds is 4. The van der Waals surface area contributed by atoms with Crippen molar-refractivity contribution in [3.63, 3.8) is 0 Å². The normalized spacial score (nSPS) is 14.5. The van der Waals surface area contributed by atoms with Crippen LogP contribution in [0.3, 0.4) is 0 Å². The fourth-order valence-electron chi connectivity index (χ4n) is 4.12. The van der Waals surface area contributed by atoms with Crippen LogP contribution in [0.4, 0.5) is 40.8 Å². The van der Waals surface area contributed by atoms with Gasteiger partial charge < -0.3 is 4.74 Å². The number of amides is 1. The van der Waals surface area contributed by atoms with Crippen molar-refractivity contribution >= 4 is 37.5 Å². The minimum absolute atomic E-state index is 0.170. The van der Waals surface area contributed by atoms with Crippen molar-refractivity contribution < 1.29 is 53.1 Å². The van der Waals surface area contributed by atoms with Crippen molar-refractivity contribution in [1.82, 2.24) is 9.78 Å². The summed E-state index contributed by atoms with van der Waals surface area (Å²) in [6.07, 6.45) is -4.97. The number of carbonyl (C=O) groups is 1. The molecule has 1 aliphatic rings. The zero-order valence-corrected chi connectivity index (χ0v) is 22.2. The number of carbonyl (C=O) groups excluding carboxylic acids is 1. The van der Waals surface area contributed by atoms with Gasteiger partial charge in [-0.2, -0.15) is 22.6 Å². The van der Waals surface area contributed by atoms with Gasteiger partial charge in [-0.05, 0) is 58.4 Å². The predicted octanol–water partition coefficient (Wildman–Crippen LogP) is 6.37. The van der Waals surface area contributed by atoms with Gasteiger partial charge in [0.2, 0.25) is 5.82 Å². The molecule has 5 rings (SSSR count). The van der Waals surface area contributed by atoms with E-state index >= 15 is 0 Å². The molecule has 1 aliphatic heterocycles. The van der Waals surface area contributed by atoms with E-state index in [1.807, 2.05) is 0 Å². The molecular weight excluding hydrogens is 658 g/mol. The summed E-state index contributed by atoms with van der Waals surface area (Å²) >= 11 is 2.88. The van der Waals surface area contributed by atoms with Crippen LogP contribution in [0.2, 0.25) is 0 Å². The highest BCUT2D eigenvalue weighted by atomic mass is 79.9. The molecule has 1 amide bonds. The molecule has 0 atom stereocenters. The lowest BCUT2D eigenvalue weighted by molar-refractivity contribution is -0.141. The average Bonchev–Trinajstić information content (AvgIpc) is 3.38. The van der Waals surface area contributed by atoms with Crippen molar-refractivity contribution in [2.45, 2.75) is 11.1 Å². The number of nitrogens with zero attached hydrogens (tertiary/aromatic N) is 3. The van der Waals surface area contributed by atoms with E-state index in [0.29, 0.717) is 5.75 Å². The molecule has 0 radical (unpaired) electrons. The number of halogens is 9. The van der Waals surface area contributed by atoms with Crippen molar-refractivity contribution in [3.05, 3.63) is 87.3 Å². The molecule has 4 aromatic rings. The Labute approximate surface area is 232 Å². The fraction of sp³-hybridized carbons (Fsp3) is 0.0833. The van der Waals surface area contributed by atoms with Crippen LogP contribution in [0.1, 0.15) is 16.1 Å². The van der Waals surface area contributed by atoms with Crippen molar-refractivity contribution in [2.75, 3.05) is 11.4 Å². The number of anilines is 1. The minimum atomic E-state index is -5.22. The minimum Gasteiger partial charge on any atom is -0.497 e. The van der Waals surface area contributed by atoms with Gasteiger partial charge in [-0.3, -0.25) is 4.79 Å². The summed E-state index contributed by atoms with van der Waals surface area (Å²) in [4.78, 5) is 12.2. The first-order valence-corrected chi connectivity index (χ1v) is 13.1. The number of fused-ring (bicyclic) bond motifs is 1. The molecule has 0 aliphatic carbocycles. The van der Waals surface area contributed by atoms with Crippen LogP contribution in [0.15, 0.2) is 51.8 Å². The monoisotopic (exact) mass is 667 g/mol. The first kappa shape index (κ1) is 28.5. The lowest BCUT2D eigenvalue weighted by atomic mass is 10.1. The van der Waals surface area contributed by atoms with Crippen LogP contribution in [0, 0.1) is 29.1 Å². The number of aromatic nitrogens is 2. The maximum absolute atomic E-state index is 14.5. The van der Waals surface area contributed by atoms with Gasteiger partial charge in [0.25, 0.3) is 15.9 Å². The zero-order chi connectivity index (χ0) is 30.2. The Morgan fingerprint density at radius 3 is 1.98 bits per heavy atom. The van der Waals surface area contributed by atoms with Gasteiger partial charge in [0, 0.05) is 5.56 Å². The quantitative estimate of drug-likeness (QED) is 0.144. The number of methoxy groups -OCH3 is 1. The van der Waals surface area contributed by atoms with E-state index in [0.717, 1.165) is 22.9 Å². The van der Waals surface area contributed by atoms with Crippen LogP contribution in [-0.2, 0) is 16.2 Å². The summed E-state index contributed by atoms with van der Waals surface area (Å²) < 4.78 is 142. The van der Waals surface area contributed by atoms with Crippen molar-refractivity contribution in [3.8, 4) is 22.7 Å². The summed E-state index contributed by atoms with van der Waals surface area (Å²) in [7, 11) is -3.86. The zero-order valence-electron chi connectivity index (χ0n) is 19.8. The Morgan fingerprint density at radius 1 is 0.878 bits per heavy atom. The third-order valence-corrected chi connectivity index (χ3v) is 8.48. The number of sulfonamides is 1. The largest absolute Gasteiger partial charge is 0.497 e. The molecule has 17 heteroatoms. The summed E-state index contributed by atoms with van der Waals surface area (Å²) in [5.74, 6) is -14.1. The van der Waals surface area contributed by atoms with Gasteiger partial charge in [0.15, 0.2) is 29.0 Å². The third-order valence-electron chi connectivity index (χ3n) is 5.99. The average molecular weight is 668 g/mol. The highest BCUT2D eigenvalue weighted by Gasteiger charge is 2.47. The van der Waals surface area contributed by atoms with Gasteiger partial charge in [-0.15, -0.1) is 0 Å². The molecule has 0 spiro atoms. The Balaban J connectivity index is 1.72. The van der Waals surface area contributed by atoms with Crippen LogP contribution >= 0.6 is 15.9 Å². The van der Waals surface area contributed by atoms with Gasteiger partial charge >= 0.3 is 6.18 Å². The maximum atomic E-state index is 14.5. The second kappa shape index (κ2) is 9.54. The van der Waals surface area contributed by atoms with Crippen LogP contribution in [0.5, 0.6) is 5.75 Å². The molecule has 0 unspecified atom stereocenters. The molecule has 0 N–H and O–H groups in total. The number of benzene rings is 3. The summed E-state index contributed by atoms with van der Waals surface area (Å²) in [5.41, 5.74) is -4.58. The van der Waals surface area contributed by atoms with E-state index in [1.54, 1.807) is 0 Å². The Bertz CT molecular complexity index is 1850. The Kier molecular flexibility index (Phi) is 6.64. The topological polar surface area (TPSA) is 81.5 Å². The van der Waals surface area contributed by atoms with E-state index in [2.05, 4.69) is 21.0 Å². The van der Waals surface area contributed by atoms with E-state index in [-0.39, 0.29) is 16.9 Å². The first-order chi connectivity index (χ1) is 19.1. The third kappa shape index (κ3) is 4.25. The first-order valence-electron chi connectivity index (χ1n) is 10.9. The molecule has 3 aromatic carbocycles. The molecule has 0 saturated carbocycles. The Morgan fingerprint density at radius 2 is 1.44 bits per heavy atom. The highest BCUT2D eigenvalue weighted by molar-refractivity contribution is 9.10. The van der Waals surface area contributed by atoms with E-state index < -0.39 is 81.8 Å². The van der Waals surface area contributed by atoms with Gasteiger partial charge in [0.05, 0.1) is 28.5 Å². The summed E-state index contributed by atoms with van der Waals surface area (Å²) in [6.45, 7) is 0. The maximum Gasteiger partial charge on any atom is 0.436 e. The SMILES string of the molecule is COc1ccc(-c2c(Br)c(C(F)(F)F)nn2-c2ccc3c(c2)C(=O)N(c2c(F)c(F)c(F)c(F)c2F)S3(=O)=O)cc1. The van der Waals surface area contributed by atoms with E-state index in [9.17, 15) is 48.3 Å². The molecule has 41 heavy (non-hydrogen) atoms. The lowest BCUT2D eigenvalue weighted by Crippen LogP contribution is -2.32. The molecule has 1 aromatic heterocycles. The predicted molar refractivity (Wildman–Crippen MR) is 128 cm³/mol. The second-order valence-electron chi connectivity index (χ2n) is 8.32. The molecule has 0 saturated heterocycles. The molecular formula is C24H10BrF8N3O4S. The molecule has 0 fully saturated rings. The molecule has 2 heterocycles. The second-order valence-corrected chi connectivity index (χ2v) is 10.9. The lowest BCUT2D eigenvalue weighted by Gasteiger charge is -2.17. The summed E-state index contributed by atoms with van der Waals surface area (Å²) in [5, 5.41) is 3.57. The molecule has 0 bridgehead atoms. The van der Waals surface area contributed by atoms with Gasteiger partial charge in [-0.1, -0.05) is 0 Å². The summed E-state index contributed by atoms with van der Waals surface area (Å²) in [6, 6.07) is 8.09. The number of hydrogen-bond donors (Lipinski definition) is 0. The van der Waals surface area contributed by atoms with E-state index in [1.165, 1.54) is 31.4 Å². The number of alkyl halides is 3. The van der Waals surface area contributed by atoms with Crippen molar-refractivity contribution in [1.29, 1.82) is 0 Å². The van der Waals surface area contributed by atoms with Crippen LogP contribution < -0.4 is 9.04 Å². The Hall–Kier alpha value is -3.99. The van der Waals surface area contributed by atoms with E-state index in [4.69, 9.17) is 4.74 Å². The smallest absolute Gasteiger partial charge is 0.436 e. The standard InChI is InChI=1S/C24H10BrF8N3O4S/c1-40-11-5-2-9(3-6-11)20-14(25)22(24(31,32)33)34-35(20)10-4-7-13-12(8-10)23(37)36(41(13,38)39)21-18(29)16(27)15(26)17(28)19(21)30/h2-8H,1H3. The van der Waals surface area contributed by atoms with Gasteiger partial charge in [0.1, 0.15) is 16.3 Å². The van der Waals surface area contributed by atoms with Crippen molar-refractivity contribution in [2.24, 2.45) is 0 Å². The fourth-order valence-corrected chi connectivity index (χ4v) is 6.40. The van der Waals surface area contributed by atoms with Gasteiger partial charge in [-0.25, -0.2) is 35.1 Å². The number of hydrogen-bond acceptors (Lipinski definition) is 5. The molecule has 214 valence electrons.